The Morgan fingerprint density at radius 3 is 2.68 bits per heavy atom. The molecule has 2 heterocycles. The number of nitrogens with one attached hydrogen (secondary N) is 2. The van der Waals surface area contributed by atoms with Gasteiger partial charge in [0.25, 0.3) is 0 Å². The zero-order valence-electron chi connectivity index (χ0n) is 15.8. The van der Waals surface area contributed by atoms with Gasteiger partial charge in [-0.15, -0.1) is 0 Å². The molecule has 2 rings (SSSR count). The number of likely N-dealkylation sites (N-methyl/N-ethyl adjacent to an activating group) is 1. The van der Waals surface area contributed by atoms with E-state index in [9.17, 15) is 4.79 Å². The van der Waals surface area contributed by atoms with Crippen molar-refractivity contribution in [3.63, 3.8) is 0 Å². The minimum absolute atomic E-state index is 0.0172. The van der Waals surface area contributed by atoms with Gasteiger partial charge < -0.3 is 14.6 Å². The molecule has 25 heavy (non-hydrogen) atoms. The number of rotatable bonds is 8. The number of aromatic amines is 1. The maximum absolute atomic E-state index is 12.3. The van der Waals surface area contributed by atoms with Crippen LogP contribution in [0.1, 0.15) is 35.2 Å². The number of amides is 2. The molecule has 1 atom stereocenters. The Labute approximate surface area is 149 Å². The highest BCUT2D eigenvalue weighted by molar-refractivity contribution is 5.73. The van der Waals surface area contributed by atoms with E-state index < -0.39 is 0 Å². The van der Waals surface area contributed by atoms with Crippen LogP contribution >= 0.6 is 0 Å². The number of furan rings is 1. The van der Waals surface area contributed by atoms with Crippen LogP contribution in [0.25, 0.3) is 0 Å². The first kappa shape index (κ1) is 19.1. The molecule has 2 aromatic rings. The molecule has 7 heteroatoms. The van der Waals surface area contributed by atoms with Gasteiger partial charge in [0.1, 0.15) is 5.76 Å². The first-order chi connectivity index (χ1) is 11.9. The Morgan fingerprint density at radius 2 is 2.12 bits per heavy atom. The van der Waals surface area contributed by atoms with Gasteiger partial charge in [0, 0.05) is 25.8 Å². The highest BCUT2D eigenvalue weighted by Crippen LogP contribution is 2.17. The van der Waals surface area contributed by atoms with E-state index in [1.54, 1.807) is 11.2 Å². The number of hydrogen-bond acceptors (Lipinski definition) is 4. The van der Waals surface area contributed by atoms with Crippen LogP contribution in [-0.2, 0) is 6.42 Å². The lowest BCUT2D eigenvalue weighted by Gasteiger charge is -2.24. The van der Waals surface area contributed by atoms with Crippen LogP contribution < -0.4 is 5.32 Å². The average Bonchev–Trinajstić information content (AvgIpc) is 3.19. The molecule has 0 saturated heterocycles. The van der Waals surface area contributed by atoms with E-state index in [0.29, 0.717) is 13.1 Å². The minimum atomic E-state index is -0.0703. The molecule has 0 spiro atoms. The molecule has 0 aliphatic rings. The number of nitrogens with zero attached hydrogens (tertiary/aromatic N) is 3. The summed E-state index contributed by atoms with van der Waals surface area (Å²) < 4.78 is 5.46. The Balaban J connectivity index is 1.78. The van der Waals surface area contributed by atoms with Crippen molar-refractivity contribution in [1.82, 2.24) is 25.3 Å². The van der Waals surface area contributed by atoms with Gasteiger partial charge in [-0.1, -0.05) is 0 Å². The molecule has 0 saturated carbocycles. The molecule has 1 unspecified atom stereocenters. The summed E-state index contributed by atoms with van der Waals surface area (Å²) in [5.41, 5.74) is 3.40. The monoisotopic (exact) mass is 347 g/mol. The number of hydrogen-bond donors (Lipinski definition) is 2. The van der Waals surface area contributed by atoms with Crippen molar-refractivity contribution >= 4 is 6.03 Å². The van der Waals surface area contributed by atoms with Gasteiger partial charge in [-0.05, 0) is 58.5 Å². The SMILES string of the molecule is Cc1n[nH]c(C)c1CCCN(C)C(=O)NCC(c1ccco1)N(C)C. The number of carbonyl (C=O) groups excluding carboxylic acids is 1. The fraction of sp³-hybridized carbons (Fsp3) is 0.556. The van der Waals surface area contributed by atoms with Gasteiger partial charge in [0.15, 0.2) is 0 Å². The number of carbonyl (C=O) groups is 1. The zero-order chi connectivity index (χ0) is 18.4. The fourth-order valence-corrected chi connectivity index (χ4v) is 2.87. The lowest BCUT2D eigenvalue weighted by atomic mass is 10.1. The van der Waals surface area contributed by atoms with Crippen molar-refractivity contribution in [2.45, 2.75) is 32.7 Å². The topological polar surface area (TPSA) is 77.4 Å². The van der Waals surface area contributed by atoms with E-state index in [1.807, 2.05) is 52.0 Å². The second kappa shape index (κ2) is 8.71. The predicted octanol–water partition coefficient (Wildman–Crippen LogP) is 2.50. The van der Waals surface area contributed by atoms with Crippen molar-refractivity contribution in [3.05, 3.63) is 41.1 Å². The molecule has 0 radical (unpaired) electrons. The van der Waals surface area contributed by atoms with Crippen molar-refractivity contribution in [1.29, 1.82) is 0 Å². The molecule has 138 valence electrons. The zero-order valence-corrected chi connectivity index (χ0v) is 15.8. The van der Waals surface area contributed by atoms with Gasteiger partial charge in [-0.2, -0.15) is 5.10 Å². The summed E-state index contributed by atoms with van der Waals surface area (Å²) >= 11 is 0. The summed E-state index contributed by atoms with van der Waals surface area (Å²) in [5.74, 6) is 0.846. The Bertz CT molecular complexity index is 644. The Kier molecular flexibility index (Phi) is 6.64. The molecule has 7 nitrogen and oxygen atoms in total. The van der Waals surface area contributed by atoms with E-state index in [0.717, 1.165) is 30.0 Å². The third kappa shape index (κ3) is 5.09. The molecule has 0 aliphatic heterocycles. The highest BCUT2D eigenvalue weighted by Gasteiger charge is 2.19. The molecule has 0 fully saturated rings. The normalized spacial score (nSPS) is 12.4. The lowest BCUT2D eigenvalue weighted by molar-refractivity contribution is 0.198. The second-order valence-electron chi connectivity index (χ2n) is 6.62. The number of H-pyrrole nitrogens is 1. The fourth-order valence-electron chi connectivity index (χ4n) is 2.87. The van der Waals surface area contributed by atoms with E-state index in [4.69, 9.17) is 4.42 Å². The predicted molar refractivity (Wildman–Crippen MR) is 97.5 cm³/mol. The maximum Gasteiger partial charge on any atom is 0.317 e. The van der Waals surface area contributed by atoms with Crippen LogP contribution in [0.4, 0.5) is 4.79 Å². The molecule has 2 N–H and O–H groups in total. The number of aromatic nitrogens is 2. The number of aryl methyl sites for hydroxylation is 2. The summed E-state index contributed by atoms with van der Waals surface area (Å²) in [6, 6.07) is 3.73. The van der Waals surface area contributed by atoms with E-state index >= 15 is 0 Å². The molecule has 0 bridgehead atoms. The standard InChI is InChI=1S/C18H29N5O2/c1-13-15(14(2)21-20-13)8-6-10-23(5)18(24)19-12-16(22(3)4)17-9-7-11-25-17/h7,9,11,16H,6,8,10,12H2,1-5H3,(H,19,24)(H,20,21). The third-order valence-electron chi connectivity index (χ3n) is 4.49. The largest absolute Gasteiger partial charge is 0.468 e. The maximum atomic E-state index is 12.3. The summed E-state index contributed by atoms with van der Waals surface area (Å²) in [4.78, 5) is 16.1. The van der Waals surface area contributed by atoms with Crippen LogP contribution in [0, 0.1) is 13.8 Å². The van der Waals surface area contributed by atoms with E-state index in [-0.39, 0.29) is 12.1 Å². The second-order valence-corrected chi connectivity index (χ2v) is 6.62. The van der Waals surface area contributed by atoms with E-state index in [2.05, 4.69) is 15.5 Å². The van der Waals surface area contributed by atoms with Gasteiger partial charge in [-0.25, -0.2) is 4.79 Å². The number of urea groups is 1. The molecule has 2 amide bonds. The highest BCUT2D eigenvalue weighted by atomic mass is 16.3. The smallest absolute Gasteiger partial charge is 0.317 e. The lowest BCUT2D eigenvalue weighted by Crippen LogP contribution is -2.41. The van der Waals surface area contributed by atoms with Crippen molar-refractivity contribution in [2.75, 3.05) is 34.2 Å². The molecule has 0 aromatic carbocycles. The molecule has 2 aromatic heterocycles. The Hall–Kier alpha value is -2.28. The minimum Gasteiger partial charge on any atom is -0.468 e. The van der Waals surface area contributed by atoms with Crippen LogP contribution in [0.2, 0.25) is 0 Å². The van der Waals surface area contributed by atoms with Crippen molar-refractivity contribution in [2.24, 2.45) is 0 Å². The summed E-state index contributed by atoms with van der Waals surface area (Å²) in [5, 5.41) is 10.2. The van der Waals surface area contributed by atoms with Gasteiger partial charge in [-0.3, -0.25) is 10.00 Å². The van der Waals surface area contributed by atoms with E-state index in [1.165, 1.54) is 5.56 Å². The first-order valence-electron chi connectivity index (χ1n) is 8.59. The van der Waals surface area contributed by atoms with Crippen LogP contribution in [0.15, 0.2) is 22.8 Å². The average molecular weight is 347 g/mol. The quantitative estimate of drug-likeness (QED) is 0.769. The molecule has 0 aliphatic carbocycles. The van der Waals surface area contributed by atoms with Gasteiger partial charge in [0.05, 0.1) is 18.0 Å². The van der Waals surface area contributed by atoms with Crippen LogP contribution in [0.5, 0.6) is 0 Å². The third-order valence-corrected chi connectivity index (χ3v) is 4.49. The molecular formula is C18H29N5O2. The van der Waals surface area contributed by atoms with Crippen LogP contribution in [-0.4, -0.2) is 60.3 Å². The summed E-state index contributed by atoms with van der Waals surface area (Å²) in [6.07, 6.45) is 3.47. The van der Waals surface area contributed by atoms with Crippen molar-refractivity contribution in [3.8, 4) is 0 Å². The molecular weight excluding hydrogens is 318 g/mol. The summed E-state index contributed by atoms with van der Waals surface area (Å²) in [7, 11) is 5.76. The Morgan fingerprint density at radius 1 is 1.36 bits per heavy atom. The summed E-state index contributed by atoms with van der Waals surface area (Å²) in [6.45, 7) is 5.24. The first-order valence-corrected chi connectivity index (χ1v) is 8.59. The van der Waals surface area contributed by atoms with Gasteiger partial charge >= 0.3 is 6.03 Å². The van der Waals surface area contributed by atoms with Crippen molar-refractivity contribution < 1.29 is 9.21 Å². The van der Waals surface area contributed by atoms with Crippen LogP contribution in [0.3, 0.4) is 0 Å². The van der Waals surface area contributed by atoms with Gasteiger partial charge in [0.2, 0.25) is 0 Å².